The first kappa shape index (κ1) is 22.7. The number of aryl methyl sites for hydroxylation is 1. The smallest absolute Gasteiger partial charge is 0.197 e. The number of nitrogens with zero attached hydrogens (tertiary/aromatic N) is 4. The zero-order valence-corrected chi connectivity index (χ0v) is 19.2. The van der Waals surface area contributed by atoms with Crippen LogP contribution in [-0.2, 0) is 19.6 Å². The maximum absolute atomic E-state index is 13.3. The van der Waals surface area contributed by atoms with Crippen LogP contribution in [0.25, 0.3) is 22.1 Å². The summed E-state index contributed by atoms with van der Waals surface area (Å²) in [5.41, 5.74) is 3.96. The highest BCUT2D eigenvalue weighted by atomic mass is 19.1. The van der Waals surface area contributed by atoms with Crippen molar-refractivity contribution >= 4 is 11.0 Å². The summed E-state index contributed by atoms with van der Waals surface area (Å²) in [6, 6.07) is 15.7. The number of pyridine rings is 1. The maximum Gasteiger partial charge on any atom is 0.197 e. The number of benzene rings is 2. The Labute approximate surface area is 202 Å². The number of rotatable bonds is 9. The lowest BCUT2D eigenvalue weighted by atomic mass is 10.0. The van der Waals surface area contributed by atoms with Crippen LogP contribution in [0.3, 0.4) is 0 Å². The van der Waals surface area contributed by atoms with Crippen molar-refractivity contribution in [3.8, 4) is 11.1 Å². The third kappa shape index (κ3) is 5.53. The lowest BCUT2D eigenvalue weighted by Gasteiger charge is -2.22. The Bertz CT molecular complexity index is 1450. The highest BCUT2D eigenvalue weighted by molar-refractivity contribution is 5.82. The fourth-order valence-corrected chi connectivity index (χ4v) is 4.20. The molecular weight excluding hydrogens is 443 g/mol. The van der Waals surface area contributed by atoms with E-state index in [1.54, 1.807) is 43.1 Å². The summed E-state index contributed by atoms with van der Waals surface area (Å²) in [4.78, 5) is 23.8. The van der Waals surface area contributed by atoms with Gasteiger partial charge in [-0.15, -0.1) is 0 Å². The van der Waals surface area contributed by atoms with Gasteiger partial charge in [-0.3, -0.25) is 14.7 Å². The van der Waals surface area contributed by atoms with Crippen molar-refractivity contribution in [2.24, 2.45) is 0 Å². The molecule has 0 aliphatic heterocycles. The third-order valence-electron chi connectivity index (χ3n) is 6.02. The van der Waals surface area contributed by atoms with Gasteiger partial charge in [-0.1, -0.05) is 18.2 Å². The van der Waals surface area contributed by atoms with Crippen molar-refractivity contribution in [2.75, 3.05) is 6.54 Å². The minimum atomic E-state index is -0.285. The Morgan fingerprint density at radius 2 is 1.71 bits per heavy atom. The molecule has 0 aliphatic carbocycles. The number of imidazole rings is 1. The Morgan fingerprint density at radius 1 is 0.914 bits per heavy atom. The van der Waals surface area contributed by atoms with Crippen LogP contribution in [-0.4, -0.2) is 26.0 Å². The molecule has 0 amide bonds. The molecule has 5 rings (SSSR count). The fraction of sp³-hybridized carbons (Fsp3) is 0.179. The van der Waals surface area contributed by atoms with Gasteiger partial charge in [-0.2, -0.15) is 0 Å². The first-order valence-electron chi connectivity index (χ1n) is 11.5. The molecule has 3 heterocycles. The van der Waals surface area contributed by atoms with Gasteiger partial charge in [-0.05, 0) is 59.5 Å². The molecule has 7 heteroatoms. The summed E-state index contributed by atoms with van der Waals surface area (Å²) < 4.78 is 21.2. The van der Waals surface area contributed by atoms with Crippen molar-refractivity contribution in [2.45, 2.75) is 26.1 Å². The second-order valence-corrected chi connectivity index (χ2v) is 8.53. The zero-order valence-electron chi connectivity index (χ0n) is 19.2. The minimum Gasteiger partial charge on any atom is -0.464 e. The first-order valence-corrected chi connectivity index (χ1v) is 11.5. The van der Waals surface area contributed by atoms with Gasteiger partial charge in [-0.25, -0.2) is 9.37 Å². The molecule has 3 aromatic heterocycles. The minimum absolute atomic E-state index is 0.0359. The van der Waals surface area contributed by atoms with E-state index < -0.39 is 0 Å². The van der Waals surface area contributed by atoms with Crippen LogP contribution >= 0.6 is 0 Å². The molecule has 0 saturated heterocycles. The Hall–Kier alpha value is -4.10. The molecule has 0 spiro atoms. The normalized spacial score (nSPS) is 11.4. The van der Waals surface area contributed by atoms with E-state index >= 15 is 0 Å². The molecule has 35 heavy (non-hydrogen) atoms. The van der Waals surface area contributed by atoms with Crippen molar-refractivity contribution in [3.63, 3.8) is 0 Å². The monoisotopic (exact) mass is 468 g/mol. The lowest BCUT2D eigenvalue weighted by Crippen LogP contribution is -2.27. The number of halogens is 1. The summed E-state index contributed by atoms with van der Waals surface area (Å²) in [7, 11) is 0. The molecule has 0 N–H and O–H groups in total. The van der Waals surface area contributed by atoms with Crippen molar-refractivity contribution in [1.29, 1.82) is 0 Å². The first-order chi connectivity index (χ1) is 17.2. The quantitative estimate of drug-likeness (QED) is 0.294. The summed E-state index contributed by atoms with van der Waals surface area (Å²) >= 11 is 0. The average molecular weight is 469 g/mol. The largest absolute Gasteiger partial charge is 0.464 e. The van der Waals surface area contributed by atoms with Crippen LogP contribution < -0.4 is 5.43 Å². The van der Waals surface area contributed by atoms with Gasteiger partial charge in [0.05, 0.1) is 18.0 Å². The van der Waals surface area contributed by atoms with E-state index in [4.69, 9.17) is 4.42 Å². The van der Waals surface area contributed by atoms with E-state index in [1.807, 2.05) is 41.4 Å². The van der Waals surface area contributed by atoms with E-state index in [2.05, 4.69) is 14.9 Å². The van der Waals surface area contributed by atoms with E-state index in [1.165, 1.54) is 12.1 Å². The average Bonchev–Trinajstić information content (AvgIpc) is 3.40. The second-order valence-electron chi connectivity index (χ2n) is 8.53. The number of fused-ring (bicyclic) bond motifs is 1. The standard InChI is InChI=1S/C28H25FN4O2/c29-25-5-2-22(3-6-25)23-4-7-26-27(16-23)35-19-24(28(26)34)18-33(17-21-8-10-30-11-9-21)14-1-13-32-15-12-31-20-32/h2-12,15-16,19-20H,1,13-14,17-18H2. The van der Waals surface area contributed by atoms with Gasteiger partial charge < -0.3 is 8.98 Å². The second kappa shape index (κ2) is 10.4. The van der Waals surface area contributed by atoms with Gasteiger partial charge in [0.25, 0.3) is 0 Å². The van der Waals surface area contributed by atoms with Gasteiger partial charge in [0, 0.05) is 56.5 Å². The molecule has 2 aromatic carbocycles. The van der Waals surface area contributed by atoms with Crippen LogP contribution in [0.2, 0.25) is 0 Å². The SMILES string of the molecule is O=c1c(CN(CCCn2ccnc2)Cc2ccncc2)coc2cc(-c3ccc(F)cc3)ccc12. The highest BCUT2D eigenvalue weighted by Gasteiger charge is 2.14. The summed E-state index contributed by atoms with van der Waals surface area (Å²) in [6.07, 6.45) is 11.6. The van der Waals surface area contributed by atoms with E-state index in [0.717, 1.165) is 36.2 Å². The van der Waals surface area contributed by atoms with Gasteiger partial charge >= 0.3 is 0 Å². The molecular formula is C28H25FN4O2. The molecule has 0 unspecified atom stereocenters. The number of hydrogen-bond acceptors (Lipinski definition) is 5. The molecule has 5 aromatic rings. The van der Waals surface area contributed by atoms with Gasteiger partial charge in [0.1, 0.15) is 11.4 Å². The molecule has 6 nitrogen and oxygen atoms in total. The van der Waals surface area contributed by atoms with Crippen LogP contribution in [0.1, 0.15) is 17.5 Å². The van der Waals surface area contributed by atoms with Crippen LogP contribution in [0.5, 0.6) is 0 Å². The molecule has 0 saturated carbocycles. The molecule has 0 radical (unpaired) electrons. The zero-order chi connectivity index (χ0) is 24.0. The lowest BCUT2D eigenvalue weighted by molar-refractivity contribution is 0.246. The van der Waals surface area contributed by atoms with Gasteiger partial charge in [0.2, 0.25) is 0 Å². The van der Waals surface area contributed by atoms with Crippen LogP contribution in [0.15, 0.2) is 101 Å². The van der Waals surface area contributed by atoms with Gasteiger partial charge in [0.15, 0.2) is 5.43 Å². The Kier molecular flexibility index (Phi) is 6.77. The van der Waals surface area contributed by atoms with Crippen molar-refractivity contribution in [3.05, 3.63) is 119 Å². The van der Waals surface area contributed by atoms with E-state index in [-0.39, 0.29) is 11.2 Å². The predicted molar refractivity (Wildman–Crippen MR) is 133 cm³/mol. The topological polar surface area (TPSA) is 64.2 Å². The fourth-order valence-electron chi connectivity index (χ4n) is 4.20. The highest BCUT2D eigenvalue weighted by Crippen LogP contribution is 2.24. The summed E-state index contributed by atoms with van der Waals surface area (Å²) in [5, 5.41) is 0.538. The van der Waals surface area contributed by atoms with Crippen LogP contribution in [0, 0.1) is 5.82 Å². The Morgan fingerprint density at radius 3 is 2.49 bits per heavy atom. The maximum atomic E-state index is 13.3. The molecule has 0 fully saturated rings. The molecule has 0 bridgehead atoms. The predicted octanol–water partition coefficient (Wildman–Crippen LogP) is 5.28. The van der Waals surface area contributed by atoms with Crippen molar-refractivity contribution in [1.82, 2.24) is 19.4 Å². The number of hydrogen-bond donors (Lipinski definition) is 0. The number of aromatic nitrogens is 3. The molecule has 0 atom stereocenters. The van der Waals surface area contributed by atoms with Crippen molar-refractivity contribution < 1.29 is 8.81 Å². The van der Waals surface area contributed by atoms with E-state index in [9.17, 15) is 9.18 Å². The third-order valence-corrected chi connectivity index (χ3v) is 6.02. The summed E-state index contributed by atoms with van der Waals surface area (Å²) in [6.45, 7) is 2.84. The molecule has 176 valence electrons. The summed E-state index contributed by atoms with van der Waals surface area (Å²) in [5.74, 6) is -0.285. The Balaban J connectivity index is 1.37. The van der Waals surface area contributed by atoms with Crippen LogP contribution in [0.4, 0.5) is 4.39 Å². The molecule has 0 aliphatic rings. The van der Waals surface area contributed by atoms with E-state index in [0.29, 0.717) is 29.6 Å².